The largest absolute Gasteiger partial charge is 0.424 e. The molecule has 1 aromatic carbocycles. The van der Waals surface area contributed by atoms with E-state index < -0.39 is 11.7 Å². The molecule has 2 rings (SSSR count). The highest BCUT2D eigenvalue weighted by molar-refractivity contribution is 14.1. The molecule has 0 spiro atoms. The van der Waals surface area contributed by atoms with Crippen LogP contribution in [0.25, 0.3) is 0 Å². The van der Waals surface area contributed by atoms with Crippen LogP contribution in [0.1, 0.15) is 31.0 Å². The van der Waals surface area contributed by atoms with E-state index in [1.54, 1.807) is 0 Å². The molecule has 0 aliphatic heterocycles. The first-order valence-electron chi connectivity index (χ1n) is 6.16. The van der Waals surface area contributed by atoms with Gasteiger partial charge in [0.2, 0.25) is 3.83 Å². The molecule has 2 aromatic rings. The zero-order valence-corrected chi connectivity index (χ0v) is 13.7. The Morgan fingerprint density at radius 1 is 1.29 bits per heavy atom. The zero-order valence-electron chi connectivity index (χ0n) is 11.6. The van der Waals surface area contributed by atoms with E-state index in [1.807, 2.05) is 36.4 Å². The fourth-order valence-electron chi connectivity index (χ4n) is 1.77. The lowest BCUT2D eigenvalue weighted by molar-refractivity contribution is -0.138. The third-order valence-electron chi connectivity index (χ3n) is 2.79. The lowest BCUT2D eigenvalue weighted by Crippen LogP contribution is -2.08. The van der Waals surface area contributed by atoms with Crippen molar-refractivity contribution in [2.45, 2.75) is 33.0 Å². The molecule has 21 heavy (non-hydrogen) atoms. The van der Waals surface area contributed by atoms with Crippen molar-refractivity contribution >= 4 is 22.6 Å². The smallest absolute Gasteiger partial charge is 0.416 e. The average Bonchev–Trinajstić information content (AvgIpc) is 2.71. The van der Waals surface area contributed by atoms with Crippen LogP contribution in [0.3, 0.4) is 0 Å². The van der Waals surface area contributed by atoms with Crippen LogP contribution in [0.4, 0.5) is 13.2 Å². The summed E-state index contributed by atoms with van der Waals surface area (Å²) in [4.78, 5) is 4.08. The predicted molar refractivity (Wildman–Crippen MR) is 79.4 cm³/mol. The number of hydrogen-bond acceptors (Lipinski definition) is 3. The van der Waals surface area contributed by atoms with E-state index in [0.717, 1.165) is 6.07 Å². The van der Waals surface area contributed by atoms with E-state index in [9.17, 15) is 13.2 Å². The van der Waals surface area contributed by atoms with Crippen LogP contribution in [0.2, 0.25) is 0 Å². The van der Waals surface area contributed by atoms with Gasteiger partial charge in [-0.25, -0.2) is 4.68 Å². The first kappa shape index (κ1) is 16.1. The number of benzene rings is 1. The number of aryl methyl sites for hydroxylation is 1. The Balaban J connectivity index is 2.37. The number of hydrogen-bond donors (Lipinski definition) is 0. The molecule has 0 N–H and O–H groups in total. The second-order valence-corrected chi connectivity index (χ2v) is 5.74. The molecule has 0 aliphatic carbocycles. The van der Waals surface area contributed by atoms with Gasteiger partial charge in [-0.1, -0.05) is 6.07 Å². The summed E-state index contributed by atoms with van der Waals surface area (Å²) in [5.74, 6) is 0.0821. The van der Waals surface area contributed by atoms with Gasteiger partial charge in [0.15, 0.2) is 0 Å². The molecule has 1 heterocycles. The summed E-state index contributed by atoms with van der Waals surface area (Å²) in [6.45, 7) is 5.17. The summed E-state index contributed by atoms with van der Waals surface area (Å²) < 4.78 is 46.1. The number of halogens is 4. The topological polar surface area (TPSA) is 39.9 Å². The molecule has 0 saturated carbocycles. The number of aromatic nitrogens is 3. The van der Waals surface area contributed by atoms with E-state index in [0.29, 0.717) is 3.83 Å². The van der Waals surface area contributed by atoms with Crippen LogP contribution in [-0.2, 0) is 6.18 Å². The van der Waals surface area contributed by atoms with Gasteiger partial charge in [-0.3, -0.25) is 0 Å². The molecule has 0 aliphatic rings. The summed E-state index contributed by atoms with van der Waals surface area (Å²) in [6.07, 6.45) is -4.41. The van der Waals surface area contributed by atoms with Gasteiger partial charge in [0.05, 0.1) is 11.6 Å². The minimum Gasteiger partial charge on any atom is -0.424 e. The van der Waals surface area contributed by atoms with Crippen LogP contribution in [0.5, 0.6) is 11.8 Å². The maximum atomic E-state index is 12.9. The average molecular weight is 411 g/mol. The van der Waals surface area contributed by atoms with Gasteiger partial charge in [-0.15, -0.1) is 5.10 Å². The maximum absolute atomic E-state index is 12.9. The Labute approximate surface area is 133 Å². The summed E-state index contributed by atoms with van der Waals surface area (Å²) in [5.41, 5.74) is -0.569. The van der Waals surface area contributed by atoms with Crippen LogP contribution in [-0.4, -0.2) is 14.8 Å². The van der Waals surface area contributed by atoms with Gasteiger partial charge in [0, 0.05) is 22.6 Å². The van der Waals surface area contributed by atoms with Crippen LogP contribution < -0.4 is 4.74 Å². The first-order valence-corrected chi connectivity index (χ1v) is 7.24. The monoisotopic (exact) mass is 411 g/mol. The minimum absolute atomic E-state index is 0.0106. The molecule has 0 amide bonds. The zero-order chi connectivity index (χ0) is 15.8. The van der Waals surface area contributed by atoms with Gasteiger partial charge in [-0.2, -0.15) is 18.2 Å². The fourth-order valence-corrected chi connectivity index (χ4v) is 2.20. The van der Waals surface area contributed by atoms with Crippen LogP contribution >= 0.6 is 22.6 Å². The maximum Gasteiger partial charge on any atom is 0.416 e. The number of alkyl halides is 3. The third-order valence-corrected chi connectivity index (χ3v) is 3.24. The summed E-state index contributed by atoms with van der Waals surface area (Å²) >= 11 is 1.92. The van der Waals surface area contributed by atoms with Crippen LogP contribution in [0, 0.1) is 10.8 Å². The summed E-state index contributed by atoms with van der Waals surface area (Å²) in [6, 6.07) is 3.99. The number of ether oxygens (including phenoxy) is 1. The highest BCUT2D eigenvalue weighted by Gasteiger charge is 2.32. The van der Waals surface area contributed by atoms with Crippen molar-refractivity contribution in [3.63, 3.8) is 0 Å². The predicted octanol–water partition coefficient (Wildman–Crippen LogP) is 4.58. The number of nitrogens with zero attached hydrogens (tertiary/aromatic N) is 3. The molecule has 0 bridgehead atoms. The highest BCUT2D eigenvalue weighted by atomic mass is 127. The van der Waals surface area contributed by atoms with Gasteiger partial charge in [-0.05, 0) is 38.5 Å². The van der Waals surface area contributed by atoms with Crippen molar-refractivity contribution in [2.24, 2.45) is 0 Å². The van der Waals surface area contributed by atoms with Crippen molar-refractivity contribution in [3.8, 4) is 11.8 Å². The van der Waals surface area contributed by atoms with E-state index in [4.69, 9.17) is 4.74 Å². The Morgan fingerprint density at radius 2 is 1.95 bits per heavy atom. The van der Waals surface area contributed by atoms with E-state index in [2.05, 4.69) is 10.1 Å². The van der Waals surface area contributed by atoms with Crippen LogP contribution in [0.15, 0.2) is 18.2 Å². The van der Waals surface area contributed by atoms with E-state index in [-0.39, 0.29) is 23.4 Å². The molecule has 8 heteroatoms. The van der Waals surface area contributed by atoms with Crippen molar-refractivity contribution in [1.82, 2.24) is 14.8 Å². The molecule has 0 radical (unpaired) electrons. The Bertz CT molecular complexity index is 653. The fraction of sp³-hybridized carbons (Fsp3) is 0.385. The normalized spacial score (nSPS) is 12.0. The molecule has 4 nitrogen and oxygen atoms in total. The molecule has 0 unspecified atom stereocenters. The standard InChI is InChI=1S/C13H13F3IN3O/c1-7(2)20-12(18-11(17)19-20)21-9-5-4-8(3)10(6-9)13(14,15)16/h4-7H,1-3H3. The van der Waals surface area contributed by atoms with E-state index >= 15 is 0 Å². The molecule has 1 aromatic heterocycles. The SMILES string of the molecule is Cc1ccc(Oc2nc(I)nn2C(C)C)cc1C(F)(F)F. The molecule has 0 saturated heterocycles. The second kappa shape index (κ2) is 5.82. The Morgan fingerprint density at radius 3 is 2.52 bits per heavy atom. The second-order valence-electron chi connectivity index (χ2n) is 4.78. The molecule has 114 valence electrons. The van der Waals surface area contributed by atoms with Gasteiger partial charge in [0.25, 0.3) is 0 Å². The van der Waals surface area contributed by atoms with Crippen molar-refractivity contribution in [1.29, 1.82) is 0 Å². The van der Waals surface area contributed by atoms with Gasteiger partial charge in [0.1, 0.15) is 5.75 Å². The lowest BCUT2D eigenvalue weighted by Gasteiger charge is -2.13. The van der Waals surface area contributed by atoms with Gasteiger partial charge >= 0.3 is 12.2 Å². The molecular formula is C13H13F3IN3O. The third kappa shape index (κ3) is 3.66. The van der Waals surface area contributed by atoms with Crippen molar-refractivity contribution in [2.75, 3.05) is 0 Å². The van der Waals surface area contributed by atoms with Gasteiger partial charge < -0.3 is 4.74 Å². The number of rotatable bonds is 3. The summed E-state index contributed by atoms with van der Waals surface area (Å²) in [7, 11) is 0. The van der Waals surface area contributed by atoms with Crippen molar-refractivity contribution < 1.29 is 17.9 Å². The molecule has 0 atom stereocenters. The first-order chi connectivity index (χ1) is 9.68. The molecule has 0 fully saturated rings. The quantitative estimate of drug-likeness (QED) is 0.695. The minimum atomic E-state index is -4.41. The van der Waals surface area contributed by atoms with E-state index in [1.165, 1.54) is 23.7 Å². The molecular weight excluding hydrogens is 398 g/mol. The Hall–Kier alpha value is -1.32. The Kier molecular flexibility index (Phi) is 4.45. The summed E-state index contributed by atoms with van der Waals surface area (Å²) in [5, 5.41) is 4.14. The lowest BCUT2D eigenvalue weighted by atomic mass is 10.1. The van der Waals surface area contributed by atoms with Crippen molar-refractivity contribution in [3.05, 3.63) is 33.2 Å². The highest BCUT2D eigenvalue weighted by Crippen LogP contribution is 2.35.